The molecule has 0 heterocycles. The molecule has 0 saturated heterocycles. The molecule has 0 fully saturated rings. The van der Waals surface area contributed by atoms with Gasteiger partial charge in [0.05, 0.1) is 12.7 Å². The highest BCUT2D eigenvalue weighted by Gasteiger charge is 2.08. The second-order valence-corrected chi connectivity index (χ2v) is 3.39. The molecule has 0 aliphatic heterocycles. The van der Waals surface area contributed by atoms with Crippen molar-refractivity contribution >= 4 is 34.2 Å². The summed E-state index contributed by atoms with van der Waals surface area (Å²) in [7, 11) is 1.36. The largest absolute Gasteiger partial charge is 0.465 e. The van der Waals surface area contributed by atoms with Crippen molar-refractivity contribution in [2.75, 3.05) is 12.8 Å². The minimum Gasteiger partial charge on any atom is -0.465 e. The number of hydrogen-bond acceptors (Lipinski definition) is 3. The quantitative estimate of drug-likeness (QED) is 0.482. The first-order valence-electron chi connectivity index (χ1n) is 3.28. The molecule has 64 valence electrons. The van der Waals surface area contributed by atoms with Crippen LogP contribution in [0, 0.1) is 3.57 Å². The summed E-state index contributed by atoms with van der Waals surface area (Å²) in [5, 5.41) is 0. The van der Waals surface area contributed by atoms with Crippen LogP contribution >= 0.6 is 22.6 Å². The Morgan fingerprint density at radius 3 is 2.75 bits per heavy atom. The first kappa shape index (κ1) is 9.31. The molecule has 0 amide bonds. The first-order chi connectivity index (χ1) is 5.65. The zero-order chi connectivity index (χ0) is 9.14. The van der Waals surface area contributed by atoms with E-state index in [9.17, 15) is 4.79 Å². The molecule has 0 aliphatic rings. The van der Waals surface area contributed by atoms with Gasteiger partial charge in [0.25, 0.3) is 0 Å². The first-order valence-corrected chi connectivity index (χ1v) is 4.36. The lowest BCUT2D eigenvalue weighted by Gasteiger charge is -2.02. The van der Waals surface area contributed by atoms with E-state index < -0.39 is 0 Å². The van der Waals surface area contributed by atoms with Gasteiger partial charge in [0, 0.05) is 9.26 Å². The fourth-order valence-electron chi connectivity index (χ4n) is 0.807. The molecular formula is C8H8INO2. The van der Waals surface area contributed by atoms with Crippen molar-refractivity contribution in [1.29, 1.82) is 0 Å². The third kappa shape index (κ3) is 1.88. The molecule has 0 unspecified atom stereocenters. The summed E-state index contributed by atoms with van der Waals surface area (Å²) in [5.41, 5.74) is 6.71. The maximum absolute atomic E-state index is 11.1. The van der Waals surface area contributed by atoms with Crippen molar-refractivity contribution in [3.63, 3.8) is 0 Å². The molecule has 0 radical (unpaired) electrons. The number of carbonyl (C=O) groups is 1. The van der Waals surface area contributed by atoms with Crippen LogP contribution in [0.5, 0.6) is 0 Å². The molecular weight excluding hydrogens is 269 g/mol. The van der Waals surface area contributed by atoms with Gasteiger partial charge in [-0.3, -0.25) is 0 Å². The van der Waals surface area contributed by atoms with E-state index in [1.165, 1.54) is 7.11 Å². The molecule has 0 saturated carbocycles. The van der Waals surface area contributed by atoms with Gasteiger partial charge in [0.2, 0.25) is 0 Å². The fourth-order valence-corrected chi connectivity index (χ4v) is 1.57. The molecule has 3 nitrogen and oxygen atoms in total. The molecule has 2 N–H and O–H groups in total. The van der Waals surface area contributed by atoms with E-state index in [-0.39, 0.29) is 5.97 Å². The number of carbonyl (C=O) groups excluding carboxylic acids is 1. The molecule has 0 atom stereocenters. The van der Waals surface area contributed by atoms with E-state index in [4.69, 9.17) is 5.73 Å². The van der Waals surface area contributed by atoms with Crippen LogP contribution in [-0.4, -0.2) is 13.1 Å². The van der Waals surface area contributed by atoms with Crippen molar-refractivity contribution in [2.45, 2.75) is 0 Å². The summed E-state index contributed by atoms with van der Waals surface area (Å²) >= 11 is 2.04. The highest BCUT2D eigenvalue weighted by atomic mass is 127. The Morgan fingerprint density at radius 2 is 2.25 bits per heavy atom. The predicted octanol–water partition coefficient (Wildman–Crippen LogP) is 1.66. The minimum atomic E-state index is -0.334. The van der Waals surface area contributed by atoms with Crippen molar-refractivity contribution in [2.24, 2.45) is 0 Å². The Morgan fingerprint density at radius 1 is 1.58 bits per heavy atom. The Hall–Kier alpha value is -0.780. The highest BCUT2D eigenvalue weighted by molar-refractivity contribution is 14.1. The number of nitrogens with two attached hydrogens (primary N) is 1. The SMILES string of the molecule is COC(=O)c1ccc(N)cc1I. The average Bonchev–Trinajstić information content (AvgIpc) is 2.03. The molecule has 0 spiro atoms. The van der Waals surface area contributed by atoms with Crippen LogP contribution in [0.15, 0.2) is 18.2 Å². The summed E-state index contributed by atoms with van der Waals surface area (Å²) in [4.78, 5) is 11.1. The van der Waals surface area contributed by atoms with E-state index in [0.717, 1.165) is 3.57 Å². The van der Waals surface area contributed by atoms with E-state index in [2.05, 4.69) is 4.74 Å². The van der Waals surface area contributed by atoms with Crippen molar-refractivity contribution in [3.05, 3.63) is 27.3 Å². The standard InChI is InChI=1S/C8H8INO2/c1-12-8(11)6-3-2-5(10)4-7(6)9/h2-4H,10H2,1H3. The van der Waals surface area contributed by atoms with Crippen molar-refractivity contribution < 1.29 is 9.53 Å². The van der Waals surface area contributed by atoms with Crippen LogP contribution in [-0.2, 0) is 4.74 Å². The Kier molecular flexibility index (Phi) is 2.91. The van der Waals surface area contributed by atoms with E-state index in [1.807, 2.05) is 22.6 Å². The molecule has 1 aromatic rings. The lowest BCUT2D eigenvalue weighted by atomic mass is 10.2. The number of halogens is 1. The maximum atomic E-state index is 11.1. The van der Waals surface area contributed by atoms with E-state index >= 15 is 0 Å². The number of benzene rings is 1. The molecule has 1 aromatic carbocycles. The topological polar surface area (TPSA) is 52.3 Å². The summed E-state index contributed by atoms with van der Waals surface area (Å²) in [6, 6.07) is 5.06. The van der Waals surface area contributed by atoms with E-state index in [1.54, 1.807) is 18.2 Å². The summed E-state index contributed by atoms with van der Waals surface area (Å²) < 4.78 is 5.38. The number of ether oxygens (including phenoxy) is 1. The normalized spacial score (nSPS) is 9.50. The fraction of sp³-hybridized carbons (Fsp3) is 0.125. The van der Waals surface area contributed by atoms with Gasteiger partial charge in [-0.15, -0.1) is 0 Å². The number of anilines is 1. The smallest absolute Gasteiger partial charge is 0.338 e. The van der Waals surface area contributed by atoms with Crippen LogP contribution in [0.3, 0.4) is 0 Å². The van der Waals surface area contributed by atoms with Crippen LogP contribution < -0.4 is 5.73 Å². The van der Waals surface area contributed by atoms with Gasteiger partial charge in [-0.1, -0.05) is 0 Å². The van der Waals surface area contributed by atoms with Gasteiger partial charge in [-0.05, 0) is 40.8 Å². The van der Waals surface area contributed by atoms with Gasteiger partial charge >= 0.3 is 5.97 Å². The number of hydrogen-bond donors (Lipinski definition) is 1. The number of nitrogen functional groups attached to an aromatic ring is 1. The van der Waals surface area contributed by atoms with E-state index in [0.29, 0.717) is 11.3 Å². The molecule has 1 rings (SSSR count). The summed E-state index contributed by atoms with van der Waals surface area (Å²) in [6.45, 7) is 0. The van der Waals surface area contributed by atoms with Crippen LogP contribution in [0.4, 0.5) is 5.69 Å². The lowest BCUT2D eigenvalue weighted by molar-refractivity contribution is 0.0599. The Bertz CT molecular complexity index is 312. The van der Waals surface area contributed by atoms with Gasteiger partial charge in [0.15, 0.2) is 0 Å². The molecule has 12 heavy (non-hydrogen) atoms. The number of rotatable bonds is 1. The van der Waals surface area contributed by atoms with Crippen LogP contribution in [0.25, 0.3) is 0 Å². The molecule has 0 aliphatic carbocycles. The predicted molar refractivity (Wildman–Crippen MR) is 54.9 cm³/mol. The van der Waals surface area contributed by atoms with Crippen LogP contribution in [0.2, 0.25) is 0 Å². The minimum absolute atomic E-state index is 0.334. The third-order valence-electron chi connectivity index (χ3n) is 1.40. The second-order valence-electron chi connectivity index (χ2n) is 2.23. The van der Waals surface area contributed by atoms with Crippen LogP contribution in [0.1, 0.15) is 10.4 Å². The van der Waals surface area contributed by atoms with Crippen molar-refractivity contribution in [3.8, 4) is 0 Å². The van der Waals surface area contributed by atoms with Gasteiger partial charge in [-0.25, -0.2) is 4.79 Å². The summed E-state index contributed by atoms with van der Waals surface area (Å²) in [6.07, 6.45) is 0. The van der Waals surface area contributed by atoms with Gasteiger partial charge in [0.1, 0.15) is 0 Å². The highest BCUT2D eigenvalue weighted by Crippen LogP contribution is 2.16. The Balaban J connectivity index is 3.09. The number of esters is 1. The molecule has 0 bridgehead atoms. The summed E-state index contributed by atoms with van der Waals surface area (Å²) in [5.74, 6) is -0.334. The maximum Gasteiger partial charge on any atom is 0.338 e. The zero-order valence-corrected chi connectivity index (χ0v) is 8.66. The van der Waals surface area contributed by atoms with Crippen molar-refractivity contribution in [1.82, 2.24) is 0 Å². The Labute approximate surface area is 84.0 Å². The third-order valence-corrected chi connectivity index (χ3v) is 2.29. The lowest BCUT2D eigenvalue weighted by Crippen LogP contribution is -2.03. The van der Waals surface area contributed by atoms with Gasteiger partial charge in [-0.2, -0.15) is 0 Å². The molecule has 0 aromatic heterocycles. The second kappa shape index (κ2) is 3.75. The molecule has 4 heteroatoms. The zero-order valence-electron chi connectivity index (χ0n) is 6.50. The van der Waals surface area contributed by atoms with Gasteiger partial charge < -0.3 is 10.5 Å². The monoisotopic (exact) mass is 277 g/mol. The number of methoxy groups -OCH3 is 1. The average molecular weight is 277 g/mol.